The van der Waals surface area contributed by atoms with Crippen LogP contribution in [0.4, 0.5) is 0 Å². The third-order valence-corrected chi connectivity index (χ3v) is 2.22. The third kappa shape index (κ3) is 2.28. The van der Waals surface area contributed by atoms with Crippen LogP contribution < -0.4 is 5.43 Å². The Bertz CT molecular complexity index is 263. The molecule has 1 fully saturated rings. The maximum absolute atomic E-state index is 8.69. The lowest BCUT2D eigenvalue weighted by Gasteiger charge is -1.99. The third-order valence-electron chi connectivity index (χ3n) is 2.22. The Morgan fingerprint density at radius 3 is 2.77 bits per heavy atom. The van der Waals surface area contributed by atoms with E-state index >= 15 is 0 Å². The molecule has 1 aromatic rings. The molecule has 1 heterocycles. The molecule has 1 saturated heterocycles. The van der Waals surface area contributed by atoms with Crippen molar-refractivity contribution in [3.8, 4) is 0 Å². The first-order valence-corrected chi connectivity index (χ1v) is 4.58. The Kier molecular flexibility index (Phi) is 2.59. The van der Waals surface area contributed by atoms with Crippen molar-refractivity contribution in [2.75, 3.05) is 6.61 Å². The van der Waals surface area contributed by atoms with Crippen molar-refractivity contribution in [1.29, 1.82) is 0 Å². The molecule has 1 aromatic carbocycles. The molecular formula is C10H14N2O. The molecule has 13 heavy (non-hydrogen) atoms. The molecule has 0 saturated carbocycles. The summed E-state index contributed by atoms with van der Waals surface area (Å²) >= 11 is 0. The molecule has 0 radical (unpaired) electrons. The van der Waals surface area contributed by atoms with Crippen molar-refractivity contribution in [1.82, 2.24) is 10.4 Å². The first-order chi connectivity index (χ1) is 6.40. The molecule has 70 valence electrons. The van der Waals surface area contributed by atoms with Crippen molar-refractivity contribution in [2.45, 2.75) is 19.1 Å². The molecule has 0 spiro atoms. The number of nitrogens with one attached hydrogen (secondary N) is 1. The van der Waals surface area contributed by atoms with Gasteiger partial charge in [0, 0.05) is 19.6 Å². The van der Waals surface area contributed by atoms with Crippen LogP contribution in [0.2, 0.25) is 0 Å². The molecule has 1 aliphatic heterocycles. The minimum atomic E-state index is 0.253. The minimum Gasteiger partial charge on any atom is -0.396 e. The van der Waals surface area contributed by atoms with Crippen molar-refractivity contribution >= 4 is 0 Å². The van der Waals surface area contributed by atoms with Gasteiger partial charge in [0.25, 0.3) is 0 Å². The molecule has 1 aliphatic rings. The molecule has 2 unspecified atom stereocenters. The van der Waals surface area contributed by atoms with E-state index in [1.807, 2.05) is 18.2 Å². The van der Waals surface area contributed by atoms with Crippen LogP contribution >= 0.6 is 0 Å². The first-order valence-electron chi connectivity index (χ1n) is 4.58. The number of benzene rings is 1. The predicted octanol–water partition coefficient (Wildman–Crippen LogP) is 0.715. The zero-order chi connectivity index (χ0) is 9.10. The summed E-state index contributed by atoms with van der Waals surface area (Å²) in [7, 11) is 0. The average molecular weight is 178 g/mol. The van der Waals surface area contributed by atoms with E-state index in [0.717, 1.165) is 13.0 Å². The summed E-state index contributed by atoms with van der Waals surface area (Å²) < 4.78 is 0. The van der Waals surface area contributed by atoms with Crippen LogP contribution in [0.15, 0.2) is 30.3 Å². The van der Waals surface area contributed by atoms with Crippen molar-refractivity contribution < 1.29 is 5.11 Å². The fourth-order valence-corrected chi connectivity index (χ4v) is 1.44. The molecule has 3 nitrogen and oxygen atoms in total. The standard InChI is InChI=1S/C10H14N2O/c13-7-6-10-11-12(10)8-9-4-2-1-3-5-9/h1-5,10-11,13H,6-8H2. The van der Waals surface area contributed by atoms with E-state index in [0.29, 0.717) is 6.17 Å². The van der Waals surface area contributed by atoms with E-state index in [9.17, 15) is 0 Å². The lowest BCUT2D eigenvalue weighted by molar-refractivity contribution is 0.278. The number of hydrazine groups is 1. The predicted molar refractivity (Wildman–Crippen MR) is 50.6 cm³/mol. The summed E-state index contributed by atoms with van der Waals surface area (Å²) in [6, 6.07) is 10.3. The number of aliphatic hydroxyl groups is 1. The summed E-state index contributed by atoms with van der Waals surface area (Å²) in [6.45, 7) is 1.18. The maximum Gasteiger partial charge on any atom is 0.0889 e. The molecule has 2 rings (SSSR count). The Morgan fingerprint density at radius 1 is 1.31 bits per heavy atom. The SMILES string of the molecule is OCCC1NN1Cc1ccccc1. The van der Waals surface area contributed by atoms with Crippen LogP contribution in [0.25, 0.3) is 0 Å². The highest BCUT2D eigenvalue weighted by atomic mass is 16.3. The summed E-state index contributed by atoms with van der Waals surface area (Å²) in [5, 5.41) is 10.8. The van der Waals surface area contributed by atoms with Crippen molar-refractivity contribution in [3.63, 3.8) is 0 Å². The second-order valence-electron chi connectivity index (χ2n) is 3.27. The molecule has 0 aromatic heterocycles. The second-order valence-corrected chi connectivity index (χ2v) is 3.27. The van der Waals surface area contributed by atoms with Crippen LogP contribution in [0.1, 0.15) is 12.0 Å². The zero-order valence-corrected chi connectivity index (χ0v) is 7.48. The quantitative estimate of drug-likeness (QED) is 0.668. The van der Waals surface area contributed by atoms with Gasteiger partial charge in [0.15, 0.2) is 0 Å². The molecule has 0 aliphatic carbocycles. The molecule has 2 N–H and O–H groups in total. The smallest absolute Gasteiger partial charge is 0.0889 e. The molecule has 0 amide bonds. The molecular weight excluding hydrogens is 164 g/mol. The van der Waals surface area contributed by atoms with E-state index in [1.54, 1.807) is 0 Å². The molecule has 0 bridgehead atoms. The molecule has 3 heteroatoms. The Morgan fingerprint density at radius 2 is 2.08 bits per heavy atom. The van der Waals surface area contributed by atoms with Crippen LogP contribution in [0, 0.1) is 0 Å². The normalized spacial score (nSPS) is 25.9. The highest BCUT2D eigenvalue weighted by Gasteiger charge is 2.31. The topological polar surface area (TPSA) is 45.2 Å². The van der Waals surface area contributed by atoms with E-state index < -0.39 is 0 Å². The fraction of sp³-hybridized carbons (Fsp3) is 0.400. The number of nitrogens with zero attached hydrogens (tertiary/aromatic N) is 1. The number of aliphatic hydroxyl groups excluding tert-OH is 1. The highest BCUT2D eigenvalue weighted by Crippen LogP contribution is 2.16. The average Bonchev–Trinajstić information content (AvgIpc) is 2.86. The van der Waals surface area contributed by atoms with Gasteiger partial charge in [0.05, 0.1) is 6.17 Å². The monoisotopic (exact) mass is 178 g/mol. The maximum atomic E-state index is 8.69. The van der Waals surface area contributed by atoms with Gasteiger partial charge in [0.1, 0.15) is 0 Å². The van der Waals surface area contributed by atoms with Gasteiger partial charge in [-0.05, 0) is 5.56 Å². The Hall–Kier alpha value is -0.900. The van der Waals surface area contributed by atoms with Gasteiger partial charge < -0.3 is 5.11 Å². The van der Waals surface area contributed by atoms with Crippen LogP contribution in [0.3, 0.4) is 0 Å². The van der Waals surface area contributed by atoms with E-state index in [4.69, 9.17) is 5.11 Å². The van der Waals surface area contributed by atoms with Crippen molar-refractivity contribution in [3.05, 3.63) is 35.9 Å². The summed E-state index contributed by atoms with van der Waals surface area (Å²) in [5.41, 5.74) is 4.49. The number of rotatable bonds is 4. The van der Waals surface area contributed by atoms with Crippen LogP contribution in [-0.2, 0) is 6.54 Å². The fourth-order valence-electron chi connectivity index (χ4n) is 1.44. The van der Waals surface area contributed by atoms with Crippen LogP contribution in [0.5, 0.6) is 0 Å². The van der Waals surface area contributed by atoms with Gasteiger partial charge in [0.2, 0.25) is 0 Å². The second kappa shape index (κ2) is 3.87. The summed E-state index contributed by atoms with van der Waals surface area (Å²) in [5.74, 6) is 0. The number of hydrogen-bond donors (Lipinski definition) is 2. The largest absolute Gasteiger partial charge is 0.396 e. The van der Waals surface area contributed by atoms with Gasteiger partial charge in [-0.1, -0.05) is 30.3 Å². The highest BCUT2D eigenvalue weighted by molar-refractivity contribution is 5.15. The lowest BCUT2D eigenvalue weighted by Crippen LogP contribution is -2.03. The Balaban J connectivity index is 1.81. The van der Waals surface area contributed by atoms with Gasteiger partial charge in [-0.2, -0.15) is 0 Å². The number of hydrogen-bond acceptors (Lipinski definition) is 3. The van der Waals surface area contributed by atoms with E-state index in [1.165, 1.54) is 5.56 Å². The van der Waals surface area contributed by atoms with Gasteiger partial charge >= 0.3 is 0 Å². The first kappa shape index (κ1) is 8.69. The summed E-state index contributed by atoms with van der Waals surface area (Å²) in [6.07, 6.45) is 1.19. The molecule has 2 atom stereocenters. The van der Waals surface area contributed by atoms with Gasteiger partial charge in [-0.15, -0.1) is 0 Å². The minimum absolute atomic E-state index is 0.253. The van der Waals surface area contributed by atoms with E-state index in [-0.39, 0.29) is 6.61 Å². The summed E-state index contributed by atoms with van der Waals surface area (Å²) in [4.78, 5) is 0. The Labute approximate surface area is 78.0 Å². The lowest BCUT2D eigenvalue weighted by atomic mass is 10.2. The van der Waals surface area contributed by atoms with Crippen LogP contribution in [-0.4, -0.2) is 22.9 Å². The van der Waals surface area contributed by atoms with Gasteiger partial charge in [-0.3, -0.25) is 0 Å². The van der Waals surface area contributed by atoms with Gasteiger partial charge in [-0.25, -0.2) is 10.4 Å². The zero-order valence-electron chi connectivity index (χ0n) is 7.48. The van der Waals surface area contributed by atoms with Crippen molar-refractivity contribution in [2.24, 2.45) is 0 Å². The van der Waals surface area contributed by atoms with E-state index in [2.05, 4.69) is 22.6 Å².